The van der Waals surface area contributed by atoms with Crippen LogP contribution in [0.2, 0.25) is 0 Å². The lowest BCUT2D eigenvalue weighted by Gasteiger charge is -2.21. The molecule has 1 unspecified atom stereocenters. The van der Waals surface area contributed by atoms with Crippen LogP contribution >= 0.6 is 0 Å². The molecule has 4 aromatic carbocycles. The molecule has 0 aliphatic rings. The van der Waals surface area contributed by atoms with E-state index >= 15 is 0 Å². The molecule has 0 bridgehead atoms. The molecule has 3 N–H and O–H groups in total. The highest BCUT2D eigenvalue weighted by molar-refractivity contribution is 6.02. The zero-order chi connectivity index (χ0) is 28.8. The Morgan fingerprint density at radius 2 is 1.59 bits per heavy atom. The molecule has 0 amide bonds. The molecule has 0 fully saturated rings. The highest BCUT2D eigenvalue weighted by Gasteiger charge is 2.26. The first-order valence-electron chi connectivity index (χ1n) is 13.3. The number of imidazole rings is 1. The smallest absolute Gasteiger partial charge is 0.336 e. The summed E-state index contributed by atoms with van der Waals surface area (Å²) in [5.74, 6) is -1.07. The minimum Gasteiger partial charge on any atom is -0.497 e. The number of methoxy groups -OCH3 is 1. The Hall–Kier alpha value is -4.95. The van der Waals surface area contributed by atoms with Crippen LogP contribution in [0.4, 0.5) is 0 Å². The number of carbonyl (C=O) groups is 2. The number of aryl methyl sites for hydroxylation is 2. The zero-order valence-corrected chi connectivity index (χ0v) is 22.5. The summed E-state index contributed by atoms with van der Waals surface area (Å²) in [6.45, 7) is 0.150. The molecule has 1 heterocycles. The topological polar surface area (TPSA) is 122 Å². The van der Waals surface area contributed by atoms with Crippen molar-refractivity contribution in [1.82, 2.24) is 9.97 Å². The molecule has 0 saturated carbocycles. The van der Waals surface area contributed by atoms with Gasteiger partial charge in [0.25, 0.3) is 0 Å². The Kier molecular flexibility index (Phi) is 8.41. The molecule has 1 aromatic heterocycles. The number of nitrogens with zero attached hydrogens (tertiary/aromatic N) is 1. The Morgan fingerprint density at radius 1 is 0.829 bits per heavy atom. The maximum atomic E-state index is 12.3. The fourth-order valence-corrected chi connectivity index (χ4v) is 4.96. The number of hydrogen-bond donors (Lipinski definition) is 3. The molecule has 0 aliphatic heterocycles. The summed E-state index contributed by atoms with van der Waals surface area (Å²) in [5.41, 5.74) is 4.37. The third kappa shape index (κ3) is 6.45. The van der Waals surface area contributed by atoms with Gasteiger partial charge in [-0.1, -0.05) is 66.7 Å². The third-order valence-electron chi connectivity index (χ3n) is 7.05. The SMILES string of the molecule is COc1ccc(CC(OCc2cccc3[nH]c(CCc4ccccc4)nc23)c2cccc(C(=O)O)c2C(=O)O)cc1. The van der Waals surface area contributed by atoms with Gasteiger partial charge in [0.2, 0.25) is 0 Å². The number of aromatic amines is 1. The van der Waals surface area contributed by atoms with Crippen molar-refractivity contribution in [3.8, 4) is 5.75 Å². The summed E-state index contributed by atoms with van der Waals surface area (Å²) in [5, 5.41) is 19.7. The fourth-order valence-electron chi connectivity index (χ4n) is 4.96. The van der Waals surface area contributed by atoms with Crippen molar-refractivity contribution in [2.45, 2.75) is 32.0 Å². The van der Waals surface area contributed by atoms with Crippen molar-refractivity contribution < 1.29 is 29.3 Å². The van der Waals surface area contributed by atoms with Gasteiger partial charge in [-0.3, -0.25) is 0 Å². The monoisotopic (exact) mass is 550 g/mol. The van der Waals surface area contributed by atoms with Crippen LogP contribution in [0.5, 0.6) is 5.75 Å². The highest BCUT2D eigenvalue weighted by Crippen LogP contribution is 2.31. The number of rotatable bonds is 12. The number of fused-ring (bicyclic) bond motifs is 1. The Morgan fingerprint density at radius 3 is 2.29 bits per heavy atom. The summed E-state index contributed by atoms with van der Waals surface area (Å²) in [4.78, 5) is 32.4. The molecule has 5 rings (SSSR count). The second kappa shape index (κ2) is 12.5. The number of carboxylic acid groups (broad SMARTS) is 2. The lowest BCUT2D eigenvalue weighted by Crippen LogP contribution is -2.17. The Bertz CT molecular complexity index is 1660. The van der Waals surface area contributed by atoms with Crippen LogP contribution in [0.1, 0.15) is 54.9 Å². The molecule has 5 aromatic rings. The Balaban J connectivity index is 1.44. The molecule has 0 saturated heterocycles. The van der Waals surface area contributed by atoms with Gasteiger partial charge >= 0.3 is 11.9 Å². The number of carboxylic acids is 2. The van der Waals surface area contributed by atoms with E-state index in [1.54, 1.807) is 19.2 Å². The lowest BCUT2D eigenvalue weighted by atomic mass is 9.93. The molecular formula is C33H30N2O6. The highest BCUT2D eigenvalue weighted by atomic mass is 16.5. The maximum absolute atomic E-state index is 12.3. The van der Waals surface area contributed by atoms with Gasteiger partial charge in [-0.15, -0.1) is 0 Å². The van der Waals surface area contributed by atoms with Crippen LogP contribution < -0.4 is 4.74 Å². The quantitative estimate of drug-likeness (QED) is 0.168. The second-order valence-corrected chi connectivity index (χ2v) is 9.71. The first-order chi connectivity index (χ1) is 19.9. The van der Waals surface area contributed by atoms with Crippen LogP contribution in [-0.4, -0.2) is 39.2 Å². The van der Waals surface area contributed by atoms with Crippen molar-refractivity contribution >= 4 is 23.0 Å². The first-order valence-corrected chi connectivity index (χ1v) is 13.3. The van der Waals surface area contributed by atoms with E-state index < -0.39 is 18.0 Å². The summed E-state index contributed by atoms with van der Waals surface area (Å²) in [7, 11) is 1.58. The fraction of sp³-hybridized carbons (Fsp3) is 0.182. The zero-order valence-electron chi connectivity index (χ0n) is 22.5. The van der Waals surface area contributed by atoms with E-state index in [1.807, 2.05) is 60.7 Å². The van der Waals surface area contributed by atoms with Crippen LogP contribution in [-0.2, 0) is 30.6 Å². The van der Waals surface area contributed by atoms with Crippen molar-refractivity contribution in [3.63, 3.8) is 0 Å². The lowest BCUT2D eigenvalue weighted by molar-refractivity contribution is 0.0382. The van der Waals surface area contributed by atoms with Crippen molar-refractivity contribution in [1.29, 1.82) is 0 Å². The van der Waals surface area contributed by atoms with E-state index in [-0.39, 0.29) is 17.7 Å². The summed E-state index contributed by atoms with van der Waals surface area (Å²) in [6, 6.07) is 27.9. The number of aromatic carboxylic acids is 2. The van der Waals surface area contributed by atoms with Crippen molar-refractivity contribution in [2.75, 3.05) is 7.11 Å². The predicted molar refractivity (Wildman–Crippen MR) is 155 cm³/mol. The molecule has 8 heteroatoms. The van der Waals surface area contributed by atoms with Gasteiger partial charge in [-0.2, -0.15) is 0 Å². The van der Waals surface area contributed by atoms with Crippen LogP contribution in [0, 0.1) is 0 Å². The number of para-hydroxylation sites is 1. The standard InChI is InChI=1S/C33H30N2O6/c1-40-24-16-13-22(14-17-24)19-28(25-10-6-11-26(32(36)37)30(25)33(38)39)41-20-23-9-5-12-27-31(23)35-29(34-27)18-15-21-7-3-2-4-8-21/h2-14,16-17,28H,15,18-20H2,1H3,(H,34,35)(H,36,37)(H,38,39). The van der Waals surface area contributed by atoms with E-state index in [0.29, 0.717) is 17.7 Å². The third-order valence-corrected chi connectivity index (χ3v) is 7.05. The van der Waals surface area contributed by atoms with E-state index in [9.17, 15) is 19.8 Å². The minimum absolute atomic E-state index is 0.150. The number of aromatic nitrogens is 2. The van der Waals surface area contributed by atoms with Crippen LogP contribution in [0.3, 0.4) is 0 Å². The van der Waals surface area contributed by atoms with Gasteiger partial charge in [-0.05, 0) is 47.4 Å². The van der Waals surface area contributed by atoms with Crippen molar-refractivity contribution in [2.24, 2.45) is 0 Å². The normalized spacial score (nSPS) is 11.8. The van der Waals surface area contributed by atoms with Gasteiger partial charge in [0.05, 0.1) is 42.0 Å². The molecule has 1 atom stereocenters. The van der Waals surface area contributed by atoms with E-state index in [2.05, 4.69) is 17.1 Å². The van der Waals surface area contributed by atoms with Gasteiger partial charge in [-0.25, -0.2) is 14.6 Å². The van der Waals surface area contributed by atoms with Gasteiger partial charge in [0.1, 0.15) is 11.6 Å². The van der Waals surface area contributed by atoms with Crippen LogP contribution in [0.15, 0.2) is 91.0 Å². The first kappa shape index (κ1) is 27.6. The van der Waals surface area contributed by atoms with Gasteiger partial charge < -0.3 is 24.7 Å². The molecule has 0 radical (unpaired) electrons. The number of benzene rings is 4. The van der Waals surface area contributed by atoms with E-state index in [1.165, 1.54) is 11.6 Å². The second-order valence-electron chi connectivity index (χ2n) is 9.71. The number of nitrogens with one attached hydrogen (secondary N) is 1. The average molecular weight is 551 g/mol. The van der Waals surface area contributed by atoms with Crippen LogP contribution in [0.25, 0.3) is 11.0 Å². The van der Waals surface area contributed by atoms with Gasteiger partial charge in [0.15, 0.2) is 0 Å². The molecule has 41 heavy (non-hydrogen) atoms. The average Bonchev–Trinajstić information content (AvgIpc) is 3.42. The molecular weight excluding hydrogens is 520 g/mol. The summed E-state index contributed by atoms with van der Waals surface area (Å²) >= 11 is 0. The molecule has 208 valence electrons. The number of hydrogen-bond acceptors (Lipinski definition) is 5. The minimum atomic E-state index is -1.32. The van der Waals surface area contributed by atoms with E-state index in [4.69, 9.17) is 14.5 Å². The number of H-pyrrole nitrogens is 1. The predicted octanol–water partition coefficient (Wildman–Crippen LogP) is 6.25. The molecule has 0 spiro atoms. The molecule has 8 nitrogen and oxygen atoms in total. The summed E-state index contributed by atoms with van der Waals surface area (Å²) in [6.07, 6.45) is 1.20. The van der Waals surface area contributed by atoms with E-state index in [0.717, 1.165) is 40.8 Å². The molecule has 0 aliphatic carbocycles. The van der Waals surface area contributed by atoms with Gasteiger partial charge in [0, 0.05) is 18.4 Å². The largest absolute Gasteiger partial charge is 0.497 e. The van der Waals surface area contributed by atoms with Crippen molar-refractivity contribution in [3.05, 3.63) is 130 Å². The number of ether oxygens (including phenoxy) is 2. The summed E-state index contributed by atoms with van der Waals surface area (Å²) < 4.78 is 11.7. The Labute approximate surface area is 237 Å². The maximum Gasteiger partial charge on any atom is 0.336 e.